The van der Waals surface area contributed by atoms with E-state index in [0.29, 0.717) is 31.4 Å². The molecule has 5 nitrogen and oxygen atoms in total. The van der Waals surface area contributed by atoms with E-state index in [-0.39, 0.29) is 9.92 Å². The van der Waals surface area contributed by atoms with E-state index in [0.717, 1.165) is 12.8 Å². The number of anilines is 1. The van der Waals surface area contributed by atoms with Crippen LogP contribution in [-0.2, 0) is 14.8 Å². The Kier molecular flexibility index (Phi) is 4.90. The number of nitrogen functional groups attached to an aromatic ring is 1. The summed E-state index contributed by atoms with van der Waals surface area (Å²) in [4.78, 5) is 0.0999. The number of ether oxygens (including phenoxy) is 1. The van der Waals surface area contributed by atoms with Crippen LogP contribution in [0.1, 0.15) is 12.8 Å². The van der Waals surface area contributed by atoms with E-state index in [9.17, 15) is 8.42 Å². The molecule has 0 saturated carbocycles. The Morgan fingerprint density at radius 2 is 2.05 bits per heavy atom. The van der Waals surface area contributed by atoms with Gasteiger partial charge >= 0.3 is 0 Å². The Morgan fingerprint density at radius 3 is 2.65 bits per heavy atom. The second-order valence-corrected chi connectivity index (χ2v) is 7.45. The van der Waals surface area contributed by atoms with Gasteiger partial charge in [0.05, 0.1) is 5.02 Å². The molecule has 1 aliphatic rings. The van der Waals surface area contributed by atoms with Crippen molar-refractivity contribution in [3.8, 4) is 0 Å². The first-order chi connectivity index (χ1) is 9.41. The smallest absolute Gasteiger partial charge is 0.244 e. The normalized spacial score (nSPS) is 17.6. The first-order valence-electron chi connectivity index (χ1n) is 6.50. The molecule has 0 unspecified atom stereocenters. The van der Waals surface area contributed by atoms with Gasteiger partial charge in [-0.1, -0.05) is 11.6 Å². The number of hydrogen-bond donors (Lipinski definition) is 1. The molecule has 1 heterocycles. The Morgan fingerprint density at radius 1 is 1.40 bits per heavy atom. The first kappa shape index (κ1) is 15.6. The number of rotatable bonds is 4. The van der Waals surface area contributed by atoms with Crippen LogP contribution < -0.4 is 5.73 Å². The number of sulfonamides is 1. The molecule has 7 heteroatoms. The van der Waals surface area contributed by atoms with Crippen molar-refractivity contribution in [2.75, 3.05) is 32.5 Å². The molecule has 1 aliphatic heterocycles. The number of nitrogens with two attached hydrogens (primary N) is 1. The van der Waals surface area contributed by atoms with Gasteiger partial charge in [-0.25, -0.2) is 12.7 Å². The fourth-order valence-corrected chi connectivity index (χ4v) is 4.05. The summed E-state index contributed by atoms with van der Waals surface area (Å²) in [6.45, 7) is 1.87. The molecule has 0 aromatic heterocycles. The molecule has 0 atom stereocenters. The molecular weight excluding hydrogens is 300 g/mol. The molecule has 112 valence electrons. The van der Waals surface area contributed by atoms with Gasteiger partial charge in [-0.3, -0.25) is 0 Å². The van der Waals surface area contributed by atoms with Crippen molar-refractivity contribution < 1.29 is 13.2 Å². The highest BCUT2D eigenvalue weighted by Crippen LogP contribution is 2.27. The van der Waals surface area contributed by atoms with Crippen LogP contribution in [0.15, 0.2) is 23.1 Å². The summed E-state index contributed by atoms with van der Waals surface area (Å²) in [5, 5.41) is 0.156. The molecule has 0 radical (unpaired) electrons. The van der Waals surface area contributed by atoms with E-state index in [1.165, 1.54) is 16.4 Å². The Bertz CT molecular complexity index is 571. The molecule has 1 aromatic rings. The van der Waals surface area contributed by atoms with Crippen LogP contribution in [0.4, 0.5) is 5.69 Å². The lowest BCUT2D eigenvalue weighted by atomic mass is 10.0. The van der Waals surface area contributed by atoms with Crippen LogP contribution >= 0.6 is 11.6 Å². The molecule has 0 aliphatic carbocycles. The van der Waals surface area contributed by atoms with Crippen molar-refractivity contribution >= 4 is 27.3 Å². The van der Waals surface area contributed by atoms with E-state index in [1.807, 2.05) is 0 Å². The number of nitrogens with zero attached hydrogens (tertiary/aromatic N) is 1. The summed E-state index contributed by atoms with van der Waals surface area (Å²) in [5.74, 6) is 0.330. The van der Waals surface area contributed by atoms with Gasteiger partial charge in [0.25, 0.3) is 0 Å². The number of benzene rings is 1. The van der Waals surface area contributed by atoms with Gasteiger partial charge in [-0.05, 0) is 37.0 Å². The standard InChI is InChI=1S/C13H19ClN2O3S/c1-16(9-10-4-6-19-7-5-10)20(17,18)13-3-2-11(15)8-12(13)14/h2-3,8,10H,4-7,9,15H2,1H3. The lowest BCUT2D eigenvalue weighted by molar-refractivity contribution is 0.0620. The minimum atomic E-state index is -3.58. The van der Waals surface area contributed by atoms with Crippen molar-refractivity contribution in [1.29, 1.82) is 0 Å². The molecule has 1 saturated heterocycles. The van der Waals surface area contributed by atoms with Gasteiger partial charge in [0, 0.05) is 32.5 Å². The van der Waals surface area contributed by atoms with Gasteiger partial charge in [-0.2, -0.15) is 0 Å². The molecule has 2 N–H and O–H groups in total. The lowest BCUT2D eigenvalue weighted by Crippen LogP contribution is -2.34. The van der Waals surface area contributed by atoms with Gasteiger partial charge in [0.15, 0.2) is 0 Å². The van der Waals surface area contributed by atoms with E-state index in [4.69, 9.17) is 22.1 Å². The highest BCUT2D eigenvalue weighted by Gasteiger charge is 2.26. The fourth-order valence-electron chi connectivity index (χ4n) is 2.28. The third-order valence-corrected chi connectivity index (χ3v) is 5.81. The van der Waals surface area contributed by atoms with Gasteiger partial charge in [0.1, 0.15) is 4.90 Å². The fraction of sp³-hybridized carbons (Fsp3) is 0.538. The summed E-state index contributed by atoms with van der Waals surface area (Å²) >= 11 is 6.00. The van der Waals surface area contributed by atoms with Crippen LogP contribution in [-0.4, -0.2) is 39.5 Å². The summed E-state index contributed by atoms with van der Waals surface area (Å²) in [7, 11) is -2.00. The zero-order chi connectivity index (χ0) is 14.8. The average molecular weight is 319 g/mol. The van der Waals surface area contributed by atoms with E-state index in [2.05, 4.69) is 0 Å². The van der Waals surface area contributed by atoms with Crippen LogP contribution in [0.5, 0.6) is 0 Å². The first-order valence-corrected chi connectivity index (χ1v) is 8.32. The zero-order valence-corrected chi connectivity index (χ0v) is 13.0. The Balaban J connectivity index is 2.16. The third kappa shape index (κ3) is 3.44. The van der Waals surface area contributed by atoms with Gasteiger partial charge in [0.2, 0.25) is 10.0 Å². The summed E-state index contributed by atoms with van der Waals surface area (Å²) in [6.07, 6.45) is 1.77. The summed E-state index contributed by atoms with van der Waals surface area (Å²) in [6, 6.07) is 4.45. The third-order valence-electron chi connectivity index (χ3n) is 3.50. The van der Waals surface area contributed by atoms with Crippen molar-refractivity contribution in [1.82, 2.24) is 4.31 Å². The Hall–Kier alpha value is -0.820. The molecule has 20 heavy (non-hydrogen) atoms. The maximum atomic E-state index is 12.5. The van der Waals surface area contributed by atoms with E-state index < -0.39 is 10.0 Å². The quantitative estimate of drug-likeness (QED) is 0.861. The van der Waals surface area contributed by atoms with E-state index >= 15 is 0 Å². The Labute approximate surface area is 124 Å². The van der Waals surface area contributed by atoms with Gasteiger partial charge < -0.3 is 10.5 Å². The van der Waals surface area contributed by atoms with Crippen molar-refractivity contribution in [2.45, 2.75) is 17.7 Å². The summed E-state index contributed by atoms with van der Waals surface area (Å²) < 4.78 is 31.7. The van der Waals surface area contributed by atoms with Crippen LogP contribution in [0.3, 0.4) is 0 Å². The van der Waals surface area contributed by atoms with Crippen LogP contribution in [0, 0.1) is 5.92 Å². The number of hydrogen-bond acceptors (Lipinski definition) is 4. The zero-order valence-electron chi connectivity index (χ0n) is 11.4. The molecule has 1 aromatic carbocycles. The predicted octanol–water partition coefficient (Wildman–Crippen LogP) is 1.97. The molecular formula is C13H19ClN2O3S. The molecule has 0 spiro atoms. The maximum absolute atomic E-state index is 12.5. The second-order valence-electron chi connectivity index (χ2n) is 5.03. The predicted molar refractivity (Wildman–Crippen MR) is 79.2 cm³/mol. The largest absolute Gasteiger partial charge is 0.399 e. The summed E-state index contributed by atoms with van der Waals surface area (Å²) in [5.41, 5.74) is 6.03. The highest BCUT2D eigenvalue weighted by atomic mass is 35.5. The average Bonchev–Trinajstić information content (AvgIpc) is 2.39. The maximum Gasteiger partial charge on any atom is 0.244 e. The minimum absolute atomic E-state index is 0.0999. The SMILES string of the molecule is CN(CC1CCOCC1)S(=O)(=O)c1ccc(N)cc1Cl. The van der Waals surface area contributed by atoms with Crippen molar-refractivity contribution in [2.24, 2.45) is 5.92 Å². The van der Waals surface area contributed by atoms with E-state index in [1.54, 1.807) is 13.1 Å². The lowest BCUT2D eigenvalue weighted by Gasteiger charge is -2.27. The second kappa shape index (κ2) is 6.30. The molecule has 0 amide bonds. The van der Waals surface area contributed by atoms with Crippen LogP contribution in [0.25, 0.3) is 0 Å². The van der Waals surface area contributed by atoms with Crippen molar-refractivity contribution in [3.63, 3.8) is 0 Å². The molecule has 2 rings (SSSR count). The minimum Gasteiger partial charge on any atom is -0.399 e. The van der Waals surface area contributed by atoms with Crippen molar-refractivity contribution in [3.05, 3.63) is 23.2 Å². The molecule has 1 fully saturated rings. The monoisotopic (exact) mass is 318 g/mol. The number of halogens is 1. The van der Waals surface area contributed by atoms with Gasteiger partial charge in [-0.15, -0.1) is 0 Å². The van der Waals surface area contributed by atoms with Crippen LogP contribution in [0.2, 0.25) is 5.02 Å². The topological polar surface area (TPSA) is 72.6 Å². The highest BCUT2D eigenvalue weighted by molar-refractivity contribution is 7.89. The molecule has 0 bridgehead atoms.